The van der Waals surface area contributed by atoms with E-state index in [4.69, 9.17) is 4.74 Å². The number of fused-ring (bicyclic) bond motifs is 1. The van der Waals surface area contributed by atoms with Crippen molar-refractivity contribution in [2.45, 2.75) is 32.4 Å². The molecule has 5 heteroatoms. The Bertz CT molecular complexity index is 786. The Morgan fingerprint density at radius 2 is 1.88 bits per heavy atom. The predicted molar refractivity (Wildman–Crippen MR) is 99.7 cm³/mol. The number of methoxy groups -OCH3 is 1. The van der Waals surface area contributed by atoms with E-state index in [2.05, 4.69) is 11.4 Å². The van der Waals surface area contributed by atoms with Crippen LogP contribution in [0.4, 0.5) is 0 Å². The number of carbonyl (C=O) groups is 2. The molecule has 1 heterocycles. The summed E-state index contributed by atoms with van der Waals surface area (Å²) in [6, 6.07) is 15.5. The van der Waals surface area contributed by atoms with Gasteiger partial charge in [0, 0.05) is 20.0 Å². The maximum atomic E-state index is 12.5. The third-order valence-corrected chi connectivity index (χ3v) is 4.84. The summed E-state index contributed by atoms with van der Waals surface area (Å²) in [7, 11) is 1.62. The number of hydrogen-bond donors (Lipinski definition) is 1. The van der Waals surface area contributed by atoms with Gasteiger partial charge in [0.25, 0.3) is 0 Å². The number of amides is 2. The second-order valence-corrected chi connectivity index (χ2v) is 6.51. The Morgan fingerprint density at radius 3 is 2.58 bits per heavy atom. The van der Waals surface area contributed by atoms with Gasteiger partial charge < -0.3 is 15.0 Å². The number of ether oxygens (including phenoxy) is 1. The van der Waals surface area contributed by atoms with E-state index in [0.29, 0.717) is 13.1 Å². The average Bonchev–Trinajstić information content (AvgIpc) is 2.66. The third-order valence-electron chi connectivity index (χ3n) is 4.84. The lowest BCUT2D eigenvalue weighted by Gasteiger charge is -2.36. The minimum Gasteiger partial charge on any atom is -0.497 e. The van der Waals surface area contributed by atoms with Crippen molar-refractivity contribution < 1.29 is 14.3 Å². The van der Waals surface area contributed by atoms with Crippen LogP contribution in [0, 0.1) is 0 Å². The van der Waals surface area contributed by atoms with Crippen LogP contribution in [0.25, 0.3) is 0 Å². The Balaban J connectivity index is 1.67. The van der Waals surface area contributed by atoms with Crippen molar-refractivity contribution in [2.24, 2.45) is 0 Å². The predicted octanol–water partition coefficient (Wildman–Crippen LogP) is 2.85. The van der Waals surface area contributed by atoms with Crippen LogP contribution in [-0.4, -0.2) is 30.4 Å². The lowest BCUT2D eigenvalue weighted by molar-refractivity contribution is -0.133. The van der Waals surface area contributed by atoms with Crippen LogP contribution in [0.2, 0.25) is 0 Å². The van der Waals surface area contributed by atoms with Crippen LogP contribution in [0.5, 0.6) is 5.75 Å². The monoisotopic (exact) mass is 352 g/mol. The van der Waals surface area contributed by atoms with Crippen LogP contribution in [0.15, 0.2) is 48.5 Å². The second-order valence-electron chi connectivity index (χ2n) is 6.51. The molecule has 0 saturated carbocycles. The number of benzene rings is 2. The molecule has 0 fully saturated rings. The van der Waals surface area contributed by atoms with Gasteiger partial charge in [-0.2, -0.15) is 0 Å². The standard InChI is InChI=1S/C21H24N2O3/c1-15(24)23-12-11-17-5-3-4-6-19(17)20(23)13-21(25)22-14-16-7-9-18(26-2)10-8-16/h3-10,20H,11-14H2,1-2H3,(H,22,25). The molecule has 26 heavy (non-hydrogen) atoms. The van der Waals surface area contributed by atoms with E-state index in [0.717, 1.165) is 23.3 Å². The van der Waals surface area contributed by atoms with E-state index in [1.54, 1.807) is 18.9 Å². The summed E-state index contributed by atoms with van der Waals surface area (Å²) in [5.74, 6) is 0.734. The third kappa shape index (κ3) is 4.04. The van der Waals surface area contributed by atoms with Crippen molar-refractivity contribution >= 4 is 11.8 Å². The van der Waals surface area contributed by atoms with Gasteiger partial charge in [-0.05, 0) is 35.2 Å². The fourth-order valence-electron chi connectivity index (χ4n) is 3.44. The second kappa shape index (κ2) is 8.04. The summed E-state index contributed by atoms with van der Waals surface area (Å²) in [5, 5.41) is 2.96. The number of nitrogens with one attached hydrogen (secondary N) is 1. The highest BCUT2D eigenvalue weighted by molar-refractivity contribution is 5.79. The Kier molecular flexibility index (Phi) is 5.56. The summed E-state index contributed by atoms with van der Waals surface area (Å²) in [4.78, 5) is 26.3. The highest BCUT2D eigenvalue weighted by Crippen LogP contribution is 2.32. The molecular weight excluding hydrogens is 328 g/mol. The molecule has 1 N–H and O–H groups in total. The van der Waals surface area contributed by atoms with Gasteiger partial charge in [-0.3, -0.25) is 9.59 Å². The molecule has 2 aromatic carbocycles. The van der Waals surface area contributed by atoms with E-state index in [9.17, 15) is 9.59 Å². The van der Waals surface area contributed by atoms with Gasteiger partial charge in [0.2, 0.25) is 11.8 Å². The fraction of sp³-hybridized carbons (Fsp3) is 0.333. The van der Waals surface area contributed by atoms with Gasteiger partial charge in [-0.15, -0.1) is 0 Å². The number of rotatable bonds is 5. The lowest BCUT2D eigenvalue weighted by Crippen LogP contribution is -2.41. The Hall–Kier alpha value is -2.82. The Morgan fingerprint density at radius 1 is 1.15 bits per heavy atom. The zero-order chi connectivity index (χ0) is 18.5. The zero-order valence-electron chi connectivity index (χ0n) is 15.2. The van der Waals surface area contributed by atoms with Crippen LogP contribution < -0.4 is 10.1 Å². The summed E-state index contributed by atoms with van der Waals surface area (Å²) < 4.78 is 5.14. The van der Waals surface area contributed by atoms with Crippen LogP contribution in [0.1, 0.15) is 36.1 Å². The van der Waals surface area contributed by atoms with E-state index in [1.165, 1.54) is 5.56 Å². The summed E-state index contributed by atoms with van der Waals surface area (Å²) in [5.41, 5.74) is 3.30. The van der Waals surface area contributed by atoms with Gasteiger partial charge in [0.1, 0.15) is 5.75 Å². The maximum Gasteiger partial charge on any atom is 0.222 e. The molecule has 5 nitrogen and oxygen atoms in total. The maximum absolute atomic E-state index is 12.5. The highest BCUT2D eigenvalue weighted by atomic mass is 16.5. The first kappa shape index (κ1) is 18.0. The highest BCUT2D eigenvalue weighted by Gasteiger charge is 2.30. The minimum atomic E-state index is -0.201. The first-order valence-corrected chi connectivity index (χ1v) is 8.83. The molecule has 1 unspecified atom stereocenters. The van der Waals surface area contributed by atoms with Gasteiger partial charge in [-0.25, -0.2) is 0 Å². The SMILES string of the molecule is COc1ccc(CNC(=O)CC2c3ccccc3CCN2C(C)=O)cc1. The molecule has 136 valence electrons. The van der Waals surface area contributed by atoms with Crippen molar-refractivity contribution in [3.05, 3.63) is 65.2 Å². The molecular formula is C21H24N2O3. The van der Waals surface area contributed by atoms with Crippen molar-refractivity contribution in [1.82, 2.24) is 10.2 Å². The van der Waals surface area contributed by atoms with E-state index in [1.807, 2.05) is 42.5 Å². The van der Waals surface area contributed by atoms with Gasteiger partial charge in [0.15, 0.2) is 0 Å². The first-order valence-electron chi connectivity index (χ1n) is 8.83. The molecule has 1 aliphatic rings. The average molecular weight is 352 g/mol. The minimum absolute atomic E-state index is 0.00691. The smallest absolute Gasteiger partial charge is 0.222 e. The fourth-order valence-corrected chi connectivity index (χ4v) is 3.44. The largest absolute Gasteiger partial charge is 0.497 e. The van der Waals surface area contributed by atoms with E-state index >= 15 is 0 Å². The molecule has 0 aromatic heterocycles. The topological polar surface area (TPSA) is 58.6 Å². The van der Waals surface area contributed by atoms with Crippen molar-refractivity contribution in [2.75, 3.05) is 13.7 Å². The van der Waals surface area contributed by atoms with Gasteiger partial charge >= 0.3 is 0 Å². The summed E-state index contributed by atoms with van der Waals surface area (Å²) in [6.07, 6.45) is 1.10. The van der Waals surface area contributed by atoms with E-state index < -0.39 is 0 Å². The summed E-state index contributed by atoms with van der Waals surface area (Å²) in [6.45, 7) is 2.68. The van der Waals surface area contributed by atoms with Crippen molar-refractivity contribution in [3.8, 4) is 5.75 Å². The molecule has 0 aliphatic carbocycles. The first-order chi connectivity index (χ1) is 12.6. The molecule has 3 rings (SSSR count). The molecule has 1 aliphatic heterocycles. The molecule has 0 radical (unpaired) electrons. The number of carbonyl (C=O) groups excluding carboxylic acids is 2. The number of nitrogens with zero attached hydrogens (tertiary/aromatic N) is 1. The molecule has 0 bridgehead atoms. The molecule has 0 spiro atoms. The van der Waals surface area contributed by atoms with Crippen LogP contribution in [0.3, 0.4) is 0 Å². The van der Waals surface area contributed by atoms with Gasteiger partial charge in [0.05, 0.1) is 19.6 Å². The molecule has 1 atom stereocenters. The van der Waals surface area contributed by atoms with Gasteiger partial charge in [-0.1, -0.05) is 36.4 Å². The number of hydrogen-bond acceptors (Lipinski definition) is 3. The van der Waals surface area contributed by atoms with Crippen LogP contribution in [-0.2, 0) is 22.6 Å². The van der Waals surface area contributed by atoms with Crippen molar-refractivity contribution in [1.29, 1.82) is 0 Å². The Labute approximate surface area is 154 Å². The summed E-state index contributed by atoms with van der Waals surface area (Å²) >= 11 is 0. The molecule has 0 saturated heterocycles. The lowest BCUT2D eigenvalue weighted by atomic mass is 9.90. The quantitative estimate of drug-likeness (QED) is 0.900. The van der Waals surface area contributed by atoms with E-state index in [-0.39, 0.29) is 24.3 Å². The molecule has 2 aromatic rings. The van der Waals surface area contributed by atoms with Crippen LogP contribution >= 0.6 is 0 Å². The zero-order valence-corrected chi connectivity index (χ0v) is 15.2. The van der Waals surface area contributed by atoms with Crippen molar-refractivity contribution in [3.63, 3.8) is 0 Å². The normalized spacial score (nSPS) is 15.9. The molecule has 2 amide bonds.